The highest BCUT2D eigenvalue weighted by atomic mass is 16.5. The number of rotatable bonds is 26. The van der Waals surface area contributed by atoms with Crippen molar-refractivity contribution < 1.29 is 33.4 Å². The van der Waals surface area contributed by atoms with Crippen LogP contribution in [0, 0.1) is 12.3 Å². The molecule has 0 aliphatic carbocycles. The summed E-state index contributed by atoms with van der Waals surface area (Å²) in [4.78, 5) is 48.8. The van der Waals surface area contributed by atoms with Gasteiger partial charge in [0.05, 0.1) is 33.0 Å². The maximum absolute atomic E-state index is 12.8. The molecule has 0 radical (unpaired) electrons. The molecule has 0 aromatic rings. The van der Waals surface area contributed by atoms with Crippen LogP contribution in [-0.2, 0) is 33.4 Å². The summed E-state index contributed by atoms with van der Waals surface area (Å²) in [5.74, 6) is 1.29. The minimum atomic E-state index is -1.18. The van der Waals surface area contributed by atoms with Gasteiger partial charge >= 0.3 is 0 Å². The molecule has 4 amide bonds. The Kier molecular flexibility index (Phi) is 23.4. The first-order valence-electron chi connectivity index (χ1n) is 13.7. The van der Waals surface area contributed by atoms with Crippen molar-refractivity contribution in [3.8, 4) is 12.3 Å². The van der Waals surface area contributed by atoms with Crippen molar-refractivity contribution in [3.05, 3.63) is 0 Å². The van der Waals surface area contributed by atoms with Crippen molar-refractivity contribution in [1.82, 2.24) is 21.3 Å². The van der Waals surface area contributed by atoms with E-state index in [4.69, 9.17) is 37.8 Å². The van der Waals surface area contributed by atoms with Gasteiger partial charge in [0.25, 0.3) is 0 Å². The smallest absolute Gasteiger partial charge is 0.222 e. The highest BCUT2D eigenvalue weighted by Gasteiger charge is 2.34. The van der Waals surface area contributed by atoms with Gasteiger partial charge in [-0.05, 0) is 38.9 Å². The average molecular weight is 572 g/mol. The molecular weight excluding hydrogens is 522 g/mol. The third kappa shape index (κ3) is 21.1. The molecule has 10 N–H and O–H groups in total. The third-order valence-electron chi connectivity index (χ3n) is 5.36. The molecule has 0 spiro atoms. The Balaban J connectivity index is 5.18. The fourth-order valence-corrected chi connectivity index (χ4v) is 3.24. The van der Waals surface area contributed by atoms with E-state index in [1.807, 2.05) is 0 Å². The molecule has 0 aromatic carbocycles. The molecular formula is C26H49N7O7. The first-order chi connectivity index (χ1) is 19.3. The van der Waals surface area contributed by atoms with Crippen molar-refractivity contribution in [2.24, 2.45) is 17.2 Å². The van der Waals surface area contributed by atoms with E-state index in [0.717, 1.165) is 0 Å². The molecule has 0 saturated heterocycles. The zero-order chi connectivity index (χ0) is 29.9. The van der Waals surface area contributed by atoms with E-state index in [9.17, 15) is 19.2 Å². The molecule has 0 atom stereocenters. The fourth-order valence-electron chi connectivity index (χ4n) is 3.24. The number of ether oxygens (including phenoxy) is 3. The van der Waals surface area contributed by atoms with Gasteiger partial charge < -0.3 is 52.7 Å². The van der Waals surface area contributed by atoms with Crippen LogP contribution in [0.3, 0.4) is 0 Å². The van der Waals surface area contributed by atoms with E-state index in [1.165, 1.54) is 0 Å². The molecule has 40 heavy (non-hydrogen) atoms. The molecule has 0 unspecified atom stereocenters. The molecule has 0 saturated carbocycles. The monoisotopic (exact) mass is 571 g/mol. The van der Waals surface area contributed by atoms with Gasteiger partial charge in [-0.3, -0.25) is 19.2 Å². The zero-order valence-electron chi connectivity index (χ0n) is 23.6. The summed E-state index contributed by atoms with van der Waals surface area (Å²) in [5, 5.41) is 11.0. The largest absolute Gasteiger partial charge is 0.378 e. The molecule has 0 aliphatic heterocycles. The normalized spacial score (nSPS) is 10.9. The molecule has 0 aliphatic rings. The van der Waals surface area contributed by atoms with Gasteiger partial charge in [-0.1, -0.05) is 5.92 Å². The molecule has 0 fully saturated rings. The number of hydrogen-bond acceptors (Lipinski definition) is 10. The van der Waals surface area contributed by atoms with Crippen LogP contribution in [0.1, 0.15) is 44.9 Å². The number of carbonyl (C=O) groups is 4. The quantitative estimate of drug-likeness (QED) is 0.0426. The van der Waals surface area contributed by atoms with Crippen molar-refractivity contribution in [2.45, 2.75) is 50.5 Å². The first-order valence-corrected chi connectivity index (χ1v) is 13.7. The molecule has 14 nitrogen and oxygen atoms in total. The van der Waals surface area contributed by atoms with Crippen LogP contribution >= 0.6 is 0 Å². The number of nitrogens with one attached hydrogen (secondary N) is 4. The van der Waals surface area contributed by atoms with Crippen molar-refractivity contribution in [2.75, 3.05) is 78.9 Å². The Morgan fingerprint density at radius 2 is 1.02 bits per heavy atom. The fraction of sp³-hybridized carbons (Fsp3) is 0.769. The summed E-state index contributed by atoms with van der Waals surface area (Å²) in [7, 11) is 0. The van der Waals surface area contributed by atoms with Crippen molar-refractivity contribution in [3.63, 3.8) is 0 Å². The summed E-state index contributed by atoms with van der Waals surface area (Å²) in [6, 6.07) is 0. The van der Waals surface area contributed by atoms with Crippen LogP contribution in [0.25, 0.3) is 0 Å². The van der Waals surface area contributed by atoms with Crippen LogP contribution in [-0.4, -0.2) is 108 Å². The van der Waals surface area contributed by atoms with Crippen molar-refractivity contribution in [1.29, 1.82) is 0 Å². The van der Waals surface area contributed by atoms with Gasteiger partial charge in [0.1, 0.15) is 12.1 Å². The highest BCUT2D eigenvalue weighted by Crippen LogP contribution is 2.11. The number of terminal acetylenes is 1. The maximum Gasteiger partial charge on any atom is 0.222 e. The first kappa shape index (κ1) is 37.2. The minimum Gasteiger partial charge on any atom is -0.378 e. The Bertz CT molecular complexity index is 732. The topological polar surface area (TPSA) is 222 Å². The molecule has 0 bridgehead atoms. The molecule has 0 heterocycles. The second-order valence-electron chi connectivity index (χ2n) is 9.11. The second-order valence-corrected chi connectivity index (χ2v) is 9.11. The van der Waals surface area contributed by atoms with Crippen LogP contribution in [0.5, 0.6) is 0 Å². The van der Waals surface area contributed by atoms with Crippen LogP contribution in [0.4, 0.5) is 0 Å². The summed E-state index contributed by atoms with van der Waals surface area (Å²) < 4.78 is 17.0. The highest BCUT2D eigenvalue weighted by molar-refractivity contribution is 5.84. The maximum atomic E-state index is 12.8. The van der Waals surface area contributed by atoms with Gasteiger partial charge in [0, 0.05) is 45.3 Å². The van der Waals surface area contributed by atoms with Gasteiger partial charge in [0.2, 0.25) is 23.6 Å². The second kappa shape index (κ2) is 25.2. The van der Waals surface area contributed by atoms with Crippen molar-refractivity contribution >= 4 is 23.6 Å². The number of carbonyl (C=O) groups excluding carboxylic acids is 4. The van der Waals surface area contributed by atoms with Crippen LogP contribution in [0.2, 0.25) is 0 Å². The average Bonchev–Trinajstić information content (AvgIpc) is 2.93. The summed E-state index contributed by atoms with van der Waals surface area (Å²) in [5.41, 5.74) is 15.1. The predicted molar refractivity (Wildman–Crippen MR) is 151 cm³/mol. The van der Waals surface area contributed by atoms with E-state index in [2.05, 4.69) is 27.2 Å². The molecule has 0 rings (SSSR count). The lowest BCUT2D eigenvalue weighted by Gasteiger charge is -2.34. The zero-order valence-corrected chi connectivity index (χ0v) is 23.6. The number of amides is 4. The summed E-state index contributed by atoms with van der Waals surface area (Å²) in [6.07, 6.45) is 7.39. The van der Waals surface area contributed by atoms with E-state index >= 15 is 0 Å². The van der Waals surface area contributed by atoms with E-state index < -0.39 is 11.4 Å². The molecule has 0 aromatic heterocycles. The van der Waals surface area contributed by atoms with Crippen LogP contribution in [0.15, 0.2) is 0 Å². The Morgan fingerprint density at radius 3 is 1.45 bits per heavy atom. The van der Waals surface area contributed by atoms with Gasteiger partial charge in [-0.2, -0.15) is 0 Å². The molecule has 230 valence electrons. The predicted octanol–water partition coefficient (Wildman–Crippen LogP) is -2.52. The lowest BCUT2D eigenvalue weighted by Crippen LogP contribution is -2.58. The van der Waals surface area contributed by atoms with Gasteiger partial charge in [-0.15, -0.1) is 6.42 Å². The number of nitrogens with two attached hydrogens (primary N) is 3. The van der Waals surface area contributed by atoms with Crippen LogP contribution < -0.4 is 38.5 Å². The Hall–Kier alpha value is -2.80. The van der Waals surface area contributed by atoms with Gasteiger partial charge in [0.15, 0.2) is 0 Å². The Morgan fingerprint density at radius 1 is 0.625 bits per heavy atom. The third-order valence-corrected chi connectivity index (χ3v) is 5.36. The van der Waals surface area contributed by atoms with Gasteiger partial charge in [-0.25, -0.2) is 0 Å². The number of hydrogen-bond donors (Lipinski definition) is 7. The summed E-state index contributed by atoms with van der Waals surface area (Å²) in [6.45, 7) is 2.73. The van der Waals surface area contributed by atoms with E-state index in [1.54, 1.807) is 0 Å². The van der Waals surface area contributed by atoms with E-state index in [0.29, 0.717) is 58.5 Å². The lowest BCUT2D eigenvalue weighted by atomic mass is 10.0. The lowest BCUT2D eigenvalue weighted by molar-refractivity contribution is -0.131. The van der Waals surface area contributed by atoms with E-state index in [-0.39, 0.29) is 83.0 Å². The standard InChI is InChI=1S/C26H49N7O7/c1-2-16-38-19-26(20-39-17-8-23(35)31-14-4-11-28,21-40-18-9-24(36)32-15-5-12-29)33-25(37)7-6-22(34)30-13-3-10-27/h1H,3-21,27-29H2,(H,30,34)(H,31,35)(H,32,36)(H,33,37). The summed E-state index contributed by atoms with van der Waals surface area (Å²) >= 11 is 0. The Labute approximate surface area is 237 Å². The molecule has 14 heteroatoms. The SMILES string of the molecule is C#CCOCC(COCCC(=O)NCCCN)(COCCC(=O)NCCCN)NC(=O)CCC(=O)NCCCN. The minimum absolute atomic E-state index is 0.0196.